The van der Waals surface area contributed by atoms with Gasteiger partial charge in [-0.3, -0.25) is 4.68 Å². The number of nitrogens with one attached hydrogen (secondary N) is 1. The molecule has 4 nitrogen and oxygen atoms in total. The standard InChI is InChI=1S/C12H22ClN3O/c1-5-9-12(13)11(16(4)15-9)6-14-10(7-17)8(2)3/h8,10,14,17H,5-7H2,1-4H3/t10-/m1/s1. The normalized spacial score (nSPS) is 13.4. The van der Waals surface area contributed by atoms with Crippen molar-refractivity contribution in [2.24, 2.45) is 13.0 Å². The predicted octanol–water partition coefficient (Wildman–Crippen LogP) is 1.74. The number of hydrogen-bond donors (Lipinski definition) is 2. The third kappa shape index (κ3) is 3.44. The van der Waals surface area contributed by atoms with Crippen molar-refractivity contribution < 1.29 is 5.11 Å². The fourth-order valence-electron chi connectivity index (χ4n) is 1.75. The van der Waals surface area contributed by atoms with Gasteiger partial charge >= 0.3 is 0 Å². The first-order chi connectivity index (χ1) is 8.01. The van der Waals surface area contributed by atoms with Crippen molar-refractivity contribution in [1.29, 1.82) is 0 Å². The van der Waals surface area contributed by atoms with Gasteiger partial charge in [-0.1, -0.05) is 32.4 Å². The molecule has 1 atom stereocenters. The Morgan fingerprint density at radius 2 is 2.12 bits per heavy atom. The quantitative estimate of drug-likeness (QED) is 0.818. The van der Waals surface area contributed by atoms with Crippen molar-refractivity contribution in [1.82, 2.24) is 15.1 Å². The zero-order valence-corrected chi connectivity index (χ0v) is 11.8. The first-order valence-corrected chi connectivity index (χ1v) is 6.43. The Balaban J connectivity index is 2.72. The van der Waals surface area contributed by atoms with Crippen LogP contribution in [-0.4, -0.2) is 27.5 Å². The van der Waals surface area contributed by atoms with Gasteiger partial charge in [0, 0.05) is 19.6 Å². The van der Waals surface area contributed by atoms with Gasteiger partial charge in [-0.25, -0.2) is 0 Å². The van der Waals surface area contributed by atoms with Crippen LogP contribution in [0.4, 0.5) is 0 Å². The van der Waals surface area contributed by atoms with Gasteiger partial charge in [0.15, 0.2) is 0 Å². The lowest BCUT2D eigenvalue weighted by Crippen LogP contribution is -2.37. The van der Waals surface area contributed by atoms with E-state index in [1.807, 2.05) is 18.7 Å². The van der Waals surface area contributed by atoms with Crippen molar-refractivity contribution in [3.05, 3.63) is 16.4 Å². The molecular weight excluding hydrogens is 238 g/mol. The zero-order chi connectivity index (χ0) is 13.0. The summed E-state index contributed by atoms with van der Waals surface area (Å²) in [6.07, 6.45) is 0.834. The monoisotopic (exact) mass is 259 g/mol. The van der Waals surface area contributed by atoms with Crippen LogP contribution in [0, 0.1) is 5.92 Å². The van der Waals surface area contributed by atoms with Crippen LogP contribution >= 0.6 is 11.6 Å². The van der Waals surface area contributed by atoms with Crippen LogP contribution in [0.3, 0.4) is 0 Å². The van der Waals surface area contributed by atoms with Crippen molar-refractivity contribution >= 4 is 11.6 Å². The number of nitrogens with zero attached hydrogens (tertiary/aromatic N) is 2. The largest absolute Gasteiger partial charge is 0.395 e. The average Bonchev–Trinajstić information content (AvgIpc) is 2.56. The average molecular weight is 260 g/mol. The van der Waals surface area contributed by atoms with Crippen molar-refractivity contribution in [3.8, 4) is 0 Å². The van der Waals surface area contributed by atoms with E-state index >= 15 is 0 Å². The molecule has 98 valence electrons. The fraction of sp³-hybridized carbons (Fsp3) is 0.750. The number of rotatable bonds is 6. The van der Waals surface area contributed by atoms with Crippen molar-refractivity contribution in [2.75, 3.05) is 6.61 Å². The minimum absolute atomic E-state index is 0.0889. The fourth-order valence-corrected chi connectivity index (χ4v) is 2.11. The Bertz CT molecular complexity index is 363. The Kier molecular flexibility index (Phi) is 5.43. The van der Waals surface area contributed by atoms with Crippen LogP contribution in [0.1, 0.15) is 32.2 Å². The molecule has 0 saturated carbocycles. The van der Waals surface area contributed by atoms with Crippen LogP contribution in [0.25, 0.3) is 0 Å². The van der Waals surface area contributed by atoms with Crippen molar-refractivity contribution in [3.63, 3.8) is 0 Å². The molecule has 0 aliphatic heterocycles. The lowest BCUT2D eigenvalue weighted by Gasteiger charge is -2.20. The van der Waals surface area contributed by atoms with E-state index in [2.05, 4.69) is 24.3 Å². The van der Waals surface area contributed by atoms with Gasteiger partial charge in [-0.15, -0.1) is 0 Å². The zero-order valence-electron chi connectivity index (χ0n) is 11.0. The molecule has 5 heteroatoms. The summed E-state index contributed by atoms with van der Waals surface area (Å²) in [6, 6.07) is 0.0889. The van der Waals surface area contributed by atoms with Crippen LogP contribution in [0.2, 0.25) is 5.02 Å². The van der Waals surface area contributed by atoms with Gasteiger partial charge < -0.3 is 10.4 Å². The Morgan fingerprint density at radius 3 is 2.53 bits per heavy atom. The topological polar surface area (TPSA) is 50.1 Å². The maximum absolute atomic E-state index is 9.25. The molecule has 0 aliphatic carbocycles. The lowest BCUT2D eigenvalue weighted by atomic mass is 10.1. The summed E-state index contributed by atoms with van der Waals surface area (Å²) in [4.78, 5) is 0. The summed E-state index contributed by atoms with van der Waals surface area (Å²) >= 11 is 6.25. The summed E-state index contributed by atoms with van der Waals surface area (Å²) in [6.45, 7) is 6.96. The minimum Gasteiger partial charge on any atom is -0.395 e. The van der Waals surface area contributed by atoms with Gasteiger partial charge in [-0.05, 0) is 12.3 Å². The number of halogens is 1. The molecule has 0 aliphatic rings. The smallest absolute Gasteiger partial charge is 0.0863 e. The number of aryl methyl sites for hydroxylation is 2. The summed E-state index contributed by atoms with van der Waals surface area (Å²) in [7, 11) is 1.89. The molecule has 0 aromatic carbocycles. The molecule has 1 rings (SSSR count). The Hall–Kier alpha value is -0.580. The molecule has 0 bridgehead atoms. The summed E-state index contributed by atoms with van der Waals surface area (Å²) in [5, 5.41) is 17.7. The van der Waals surface area contributed by atoms with Crippen LogP contribution in [0.15, 0.2) is 0 Å². The van der Waals surface area contributed by atoms with Gasteiger partial charge in [0.05, 0.1) is 23.0 Å². The van der Waals surface area contributed by atoms with E-state index in [0.29, 0.717) is 12.5 Å². The van der Waals surface area contributed by atoms with Gasteiger partial charge in [-0.2, -0.15) is 5.10 Å². The highest BCUT2D eigenvalue weighted by molar-refractivity contribution is 6.31. The maximum atomic E-state index is 9.25. The molecule has 0 amide bonds. The Morgan fingerprint density at radius 1 is 1.47 bits per heavy atom. The van der Waals surface area contributed by atoms with E-state index < -0.39 is 0 Å². The van der Waals surface area contributed by atoms with Crippen LogP contribution < -0.4 is 5.32 Å². The van der Waals surface area contributed by atoms with Crippen LogP contribution in [0.5, 0.6) is 0 Å². The highest BCUT2D eigenvalue weighted by atomic mass is 35.5. The second kappa shape index (κ2) is 6.38. The molecular formula is C12H22ClN3O. The van der Waals surface area contributed by atoms with E-state index in [1.54, 1.807) is 0 Å². The van der Waals surface area contributed by atoms with Crippen LogP contribution in [-0.2, 0) is 20.0 Å². The van der Waals surface area contributed by atoms with E-state index in [0.717, 1.165) is 22.8 Å². The molecule has 1 aromatic rings. The predicted molar refractivity (Wildman–Crippen MR) is 70.1 cm³/mol. The molecule has 0 spiro atoms. The van der Waals surface area contributed by atoms with E-state index in [1.165, 1.54) is 0 Å². The molecule has 0 fully saturated rings. The summed E-state index contributed by atoms with van der Waals surface area (Å²) in [5.74, 6) is 0.387. The lowest BCUT2D eigenvalue weighted by molar-refractivity contribution is 0.209. The molecule has 1 heterocycles. The van der Waals surface area contributed by atoms with Gasteiger partial charge in [0.1, 0.15) is 0 Å². The maximum Gasteiger partial charge on any atom is 0.0863 e. The summed E-state index contributed by atoms with van der Waals surface area (Å²) in [5.41, 5.74) is 1.90. The molecule has 1 aromatic heterocycles. The third-order valence-corrected chi connectivity index (χ3v) is 3.47. The SMILES string of the molecule is CCc1nn(C)c(CN[C@H](CO)C(C)C)c1Cl. The number of aliphatic hydroxyl groups is 1. The number of aromatic nitrogens is 2. The highest BCUT2D eigenvalue weighted by Crippen LogP contribution is 2.20. The Labute approximate surface area is 108 Å². The number of hydrogen-bond acceptors (Lipinski definition) is 3. The van der Waals surface area contributed by atoms with Gasteiger partial charge in [0.25, 0.3) is 0 Å². The van der Waals surface area contributed by atoms with E-state index in [4.69, 9.17) is 11.6 Å². The second-order valence-corrected chi connectivity index (χ2v) is 4.98. The first-order valence-electron chi connectivity index (χ1n) is 6.05. The van der Waals surface area contributed by atoms with E-state index in [-0.39, 0.29) is 12.6 Å². The molecule has 0 radical (unpaired) electrons. The molecule has 0 saturated heterocycles. The summed E-state index contributed by atoms with van der Waals surface area (Å²) < 4.78 is 1.81. The number of aliphatic hydroxyl groups excluding tert-OH is 1. The van der Waals surface area contributed by atoms with Gasteiger partial charge in [0.2, 0.25) is 0 Å². The molecule has 17 heavy (non-hydrogen) atoms. The minimum atomic E-state index is 0.0889. The highest BCUT2D eigenvalue weighted by Gasteiger charge is 2.16. The van der Waals surface area contributed by atoms with Crippen molar-refractivity contribution in [2.45, 2.75) is 39.8 Å². The molecule has 0 unspecified atom stereocenters. The van der Waals surface area contributed by atoms with E-state index in [9.17, 15) is 5.11 Å². The third-order valence-electron chi connectivity index (χ3n) is 3.04. The second-order valence-electron chi connectivity index (χ2n) is 4.60. The first kappa shape index (κ1) is 14.5. The molecule has 2 N–H and O–H groups in total.